The molecule has 1 saturated heterocycles. The lowest BCUT2D eigenvalue weighted by Crippen LogP contribution is -2.41. The summed E-state index contributed by atoms with van der Waals surface area (Å²) in [5, 5.41) is 24.6. The highest BCUT2D eigenvalue weighted by Gasteiger charge is 2.28. The molecule has 0 saturated carbocycles. The maximum Gasteiger partial charge on any atom is 0.269 e. The van der Waals surface area contributed by atoms with Crippen LogP contribution in [-0.4, -0.2) is 45.4 Å². The number of benzene rings is 3. The van der Waals surface area contributed by atoms with Gasteiger partial charge in [-0.25, -0.2) is 0 Å². The number of nitrogens with one attached hydrogen (secondary N) is 1. The Balaban J connectivity index is 1.60. The zero-order valence-corrected chi connectivity index (χ0v) is 20.9. The summed E-state index contributed by atoms with van der Waals surface area (Å²) in [4.78, 5) is 60.9. The summed E-state index contributed by atoms with van der Waals surface area (Å²) in [6.45, 7) is -0.117. The number of Topliss-reactive ketones (excluding diaryl/α,β-unsaturated/α-hetero) is 1. The van der Waals surface area contributed by atoms with Crippen molar-refractivity contribution < 1.29 is 24.2 Å². The zero-order chi connectivity index (χ0) is 28.6. The van der Waals surface area contributed by atoms with Crippen LogP contribution in [0.3, 0.4) is 0 Å². The number of carbonyl (C=O) groups is 3. The third kappa shape index (κ3) is 6.98. The highest BCUT2D eigenvalue weighted by Crippen LogP contribution is 2.24. The molecular weight excluding hydrogens is 516 g/mol. The fourth-order valence-electron chi connectivity index (χ4n) is 3.94. The lowest BCUT2D eigenvalue weighted by molar-refractivity contribution is -0.385. The number of nitrogens with zero attached hydrogens (tertiary/aromatic N) is 3. The quantitative estimate of drug-likeness (QED) is 0.263. The summed E-state index contributed by atoms with van der Waals surface area (Å²) >= 11 is 0. The molecule has 0 aromatic heterocycles. The minimum absolute atomic E-state index is 0.0586. The number of non-ortho nitro benzene ring substituents is 2. The molecule has 1 fully saturated rings. The first-order chi connectivity index (χ1) is 19.2. The lowest BCUT2D eigenvalue weighted by Gasteiger charge is -2.29. The van der Waals surface area contributed by atoms with E-state index in [2.05, 4.69) is 5.32 Å². The van der Waals surface area contributed by atoms with Gasteiger partial charge in [0.15, 0.2) is 5.78 Å². The number of rotatable bonds is 7. The van der Waals surface area contributed by atoms with E-state index in [-0.39, 0.29) is 41.4 Å². The van der Waals surface area contributed by atoms with Crippen molar-refractivity contribution in [3.63, 3.8) is 0 Å². The molecule has 11 heteroatoms. The summed E-state index contributed by atoms with van der Waals surface area (Å²) < 4.78 is 0. The minimum atomic E-state index is -0.533. The van der Waals surface area contributed by atoms with Crippen molar-refractivity contribution >= 4 is 46.8 Å². The summed E-state index contributed by atoms with van der Waals surface area (Å²) in [7, 11) is 0. The first-order valence-electron chi connectivity index (χ1n) is 12.0. The highest BCUT2D eigenvalue weighted by molar-refractivity contribution is 6.16. The first-order valence-corrected chi connectivity index (χ1v) is 12.0. The van der Waals surface area contributed by atoms with Gasteiger partial charge in [-0.15, -0.1) is 0 Å². The SMILES string of the molecule is O=C(/C=C/C(=O)N1C/C(=C\c2ccc([N+](=O)[O-])cc2)C(=O)/C(=C/c2ccc([N+](=O)[O-])cc2)C1)Nc1ccccc1. The van der Waals surface area contributed by atoms with E-state index in [9.17, 15) is 34.6 Å². The molecule has 1 heterocycles. The molecular formula is C29H22N4O7. The number of ketones is 1. The Kier molecular flexibility index (Phi) is 8.35. The van der Waals surface area contributed by atoms with Crippen LogP contribution >= 0.6 is 0 Å². The van der Waals surface area contributed by atoms with Crippen LogP contribution in [0, 0.1) is 20.2 Å². The molecule has 2 amide bonds. The van der Waals surface area contributed by atoms with E-state index in [0.717, 1.165) is 12.2 Å². The molecule has 0 bridgehead atoms. The van der Waals surface area contributed by atoms with Crippen LogP contribution in [0.5, 0.6) is 0 Å². The molecule has 4 rings (SSSR count). The molecule has 1 N–H and O–H groups in total. The summed E-state index contributed by atoms with van der Waals surface area (Å²) in [6, 6.07) is 19.9. The van der Waals surface area contributed by atoms with Crippen molar-refractivity contribution in [2.24, 2.45) is 0 Å². The van der Waals surface area contributed by atoms with Crippen molar-refractivity contribution in [2.45, 2.75) is 0 Å². The molecule has 0 spiro atoms. The monoisotopic (exact) mass is 538 g/mol. The lowest BCUT2D eigenvalue weighted by atomic mass is 9.94. The molecule has 200 valence electrons. The average molecular weight is 539 g/mol. The second kappa shape index (κ2) is 12.2. The van der Waals surface area contributed by atoms with Gasteiger partial charge in [0.05, 0.1) is 22.9 Å². The summed E-state index contributed by atoms with van der Waals surface area (Å²) in [6.07, 6.45) is 5.30. The van der Waals surface area contributed by atoms with E-state index < -0.39 is 21.7 Å². The van der Waals surface area contributed by atoms with E-state index >= 15 is 0 Å². The molecule has 11 nitrogen and oxygen atoms in total. The Hall–Kier alpha value is -5.71. The molecule has 1 aliphatic rings. The van der Waals surface area contributed by atoms with Gasteiger partial charge in [0.25, 0.3) is 11.4 Å². The Morgan fingerprint density at radius 2 is 1.20 bits per heavy atom. The smallest absolute Gasteiger partial charge is 0.269 e. The molecule has 0 unspecified atom stereocenters. The Morgan fingerprint density at radius 3 is 1.65 bits per heavy atom. The number of carbonyl (C=O) groups excluding carboxylic acids is 3. The van der Waals surface area contributed by atoms with Gasteiger partial charge in [0.1, 0.15) is 0 Å². The largest absolute Gasteiger partial charge is 0.330 e. The minimum Gasteiger partial charge on any atom is -0.330 e. The van der Waals surface area contributed by atoms with Gasteiger partial charge in [-0.1, -0.05) is 18.2 Å². The van der Waals surface area contributed by atoms with E-state index in [1.807, 2.05) is 0 Å². The first kappa shape index (κ1) is 27.3. The van der Waals surface area contributed by atoms with Crippen molar-refractivity contribution in [1.82, 2.24) is 4.90 Å². The number of anilines is 1. The number of para-hydroxylation sites is 1. The number of nitro groups is 2. The second-order valence-electron chi connectivity index (χ2n) is 8.75. The predicted molar refractivity (Wildman–Crippen MR) is 148 cm³/mol. The number of amides is 2. The fourth-order valence-corrected chi connectivity index (χ4v) is 3.94. The van der Waals surface area contributed by atoms with Crippen molar-refractivity contribution in [1.29, 1.82) is 0 Å². The predicted octanol–water partition coefficient (Wildman–Crippen LogP) is 4.58. The molecule has 1 aliphatic heterocycles. The highest BCUT2D eigenvalue weighted by atomic mass is 16.6. The molecule has 0 radical (unpaired) electrons. The second-order valence-corrected chi connectivity index (χ2v) is 8.75. The number of nitro benzene ring substituents is 2. The molecule has 40 heavy (non-hydrogen) atoms. The van der Waals surface area contributed by atoms with Crippen LogP contribution in [-0.2, 0) is 14.4 Å². The average Bonchev–Trinajstić information content (AvgIpc) is 2.95. The van der Waals surface area contributed by atoms with Crippen LogP contribution in [0.25, 0.3) is 12.2 Å². The van der Waals surface area contributed by atoms with Crippen molar-refractivity contribution in [2.75, 3.05) is 18.4 Å². The van der Waals surface area contributed by atoms with Gasteiger partial charge >= 0.3 is 0 Å². The summed E-state index contributed by atoms with van der Waals surface area (Å²) in [5.41, 5.74) is 1.91. The van der Waals surface area contributed by atoms with Gasteiger partial charge in [0, 0.05) is 53.3 Å². The Morgan fingerprint density at radius 1 is 0.725 bits per heavy atom. The number of piperidine rings is 1. The summed E-state index contributed by atoms with van der Waals surface area (Å²) in [5.74, 6) is -1.36. The van der Waals surface area contributed by atoms with Crippen molar-refractivity contribution in [3.8, 4) is 0 Å². The van der Waals surface area contributed by atoms with Crippen LogP contribution in [0.1, 0.15) is 11.1 Å². The third-order valence-corrected chi connectivity index (χ3v) is 5.93. The maximum absolute atomic E-state index is 13.3. The zero-order valence-electron chi connectivity index (χ0n) is 20.9. The Bertz CT molecular complexity index is 1480. The number of hydrogen-bond donors (Lipinski definition) is 1. The standard InChI is InChI=1S/C29H22N4O7/c34-27(30-24-4-2-1-3-5-24)14-15-28(35)31-18-22(16-20-6-10-25(11-7-20)32(37)38)29(36)23(19-31)17-21-8-12-26(13-9-21)33(39)40/h1-17H,18-19H2,(H,30,34)/b15-14+,22-16+,23-17+. The van der Waals surface area contributed by atoms with Crippen LogP contribution in [0.15, 0.2) is 102 Å². The topological polar surface area (TPSA) is 153 Å². The van der Waals surface area contributed by atoms with Gasteiger partial charge < -0.3 is 10.2 Å². The van der Waals surface area contributed by atoms with Gasteiger partial charge in [-0.05, 0) is 59.7 Å². The van der Waals surface area contributed by atoms with Crippen LogP contribution in [0.4, 0.5) is 17.1 Å². The van der Waals surface area contributed by atoms with Crippen LogP contribution < -0.4 is 5.32 Å². The molecule has 0 aliphatic carbocycles. The van der Waals surface area contributed by atoms with E-state index in [0.29, 0.717) is 16.8 Å². The maximum atomic E-state index is 13.3. The van der Waals surface area contributed by atoms with E-state index in [1.165, 1.54) is 53.4 Å². The van der Waals surface area contributed by atoms with Gasteiger partial charge in [0.2, 0.25) is 11.8 Å². The fraction of sp³-hybridized carbons (Fsp3) is 0.0690. The third-order valence-electron chi connectivity index (χ3n) is 5.93. The van der Waals surface area contributed by atoms with E-state index in [4.69, 9.17) is 0 Å². The van der Waals surface area contributed by atoms with Gasteiger partial charge in [-0.2, -0.15) is 0 Å². The van der Waals surface area contributed by atoms with Gasteiger partial charge in [-0.3, -0.25) is 34.6 Å². The molecule has 3 aromatic rings. The molecule has 3 aromatic carbocycles. The van der Waals surface area contributed by atoms with Crippen LogP contribution in [0.2, 0.25) is 0 Å². The number of hydrogen-bond acceptors (Lipinski definition) is 7. The molecule has 0 atom stereocenters. The Labute approximate surface area is 228 Å². The van der Waals surface area contributed by atoms with E-state index in [1.54, 1.807) is 42.5 Å². The van der Waals surface area contributed by atoms with Crippen molar-refractivity contribution in [3.05, 3.63) is 134 Å². The number of likely N-dealkylation sites (tertiary alicyclic amines) is 1. The normalized spacial score (nSPS) is 15.4.